The van der Waals surface area contributed by atoms with Crippen LogP contribution in [-0.2, 0) is 0 Å². The van der Waals surface area contributed by atoms with Crippen molar-refractivity contribution in [2.45, 2.75) is 23.1 Å². The molecule has 0 spiro atoms. The van der Waals surface area contributed by atoms with Crippen LogP contribution in [0.1, 0.15) is 11.9 Å². The third-order valence-corrected chi connectivity index (χ3v) is 4.00. The summed E-state index contributed by atoms with van der Waals surface area (Å²) >= 11 is 3.07. The molecule has 17 heavy (non-hydrogen) atoms. The third-order valence-electron chi connectivity index (χ3n) is 2.03. The first-order chi connectivity index (χ1) is 8.20. The molecule has 1 heterocycles. The molecular weight excluding hydrogens is 254 g/mol. The van der Waals surface area contributed by atoms with E-state index in [1.807, 2.05) is 32.0 Å². The molecule has 0 fully saturated rings. The average Bonchev–Trinajstić information content (AvgIpc) is 2.70. The topological polar surface area (TPSA) is 61.0 Å². The number of benzene rings is 1. The van der Waals surface area contributed by atoms with Gasteiger partial charge in [-0.3, -0.25) is 0 Å². The number of rotatable bonds is 4. The van der Waals surface area contributed by atoms with Gasteiger partial charge >= 0.3 is 0 Å². The van der Waals surface area contributed by atoms with Crippen molar-refractivity contribution >= 4 is 28.8 Å². The normalized spacial score (nSPS) is 10.5. The molecule has 6 heteroatoms. The summed E-state index contributed by atoms with van der Waals surface area (Å²) in [6, 6.07) is 5.76. The summed E-state index contributed by atoms with van der Waals surface area (Å²) in [6.45, 7) is 4.48. The molecule has 0 radical (unpaired) electrons. The molecule has 1 aromatic heterocycles. The minimum absolute atomic E-state index is 0.607. The van der Waals surface area contributed by atoms with E-state index >= 15 is 0 Å². The third kappa shape index (κ3) is 2.89. The van der Waals surface area contributed by atoms with Gasteiger partial charge in [-0.15, -0.1) is 10.2 Å². The van der Waals surface area contributed by atoms with Crippen LogP contribution in [0.3, 0.4) is 0 Å². The fraction of sp³-hybridized carbons (Fsp3) is 0.273. The number of anilines is 1. The van der Waals surface area contributed by atoms with Crippen molar-refractivity contribution in [2.24, 2.45) is 0 Å². The second kappa shape index (κ2) is 5.37. The van der Waals surface area contributed by atoms with E-state index in [0.29, 0.717) is 12.3 Å². The van der Waals surface area contributed by atoms with E-state index in [1.54, 1.807) is 11.3 Å². The zero-order valence-electron chi connectivity index (χ0n) is 9.64. The maximum Gasteiger partial charge on any atom is 0.179 e. The smallest absolute Gasteiger partial charge is 0.179 e. The molecule has 90 valence electrons. The summed E-state index contributed by atoms with van der Waals surface area (Å²) in [6.07, 6.45) is 0. The Morgan fingerprint density at radius 1 is 1.41 bits per heavy atom. The van der Waals surface area contributed by atoms with Crippen LogP contribution in [0.5, 0.6) is 5.75 Å². The van der Waals surface area contributed by atoms with Crippen LogP contribution in [0.15, 0.2) is 27.4 Å². The van der Waals surface area contributed by atoms with Gasteiger partial charge in [0.1, 0.15) is 10.8 Å². The molecule has 0 saturated heterocycles. The lowest BCUT2D eigenvalue weighted by Crippen LogP contribution is -1.97. The van der Waals surface area contributed by atoms with E-state index in [2.05, 4.69) is 10.2 Å². The predicted molar refractivity (Wildman–Crippen MR) is 70.8 cm³/mol. The largest absolute Gasteiger partial charge is 0.492 e. The Morgan fingerprint density at radius 2 is 2.24 bits per heavy atom. The fourth-order valence-electron chi connectivity index (χ4n) is 1.31. The molecule has 0 unspecified atom stereocenters. The maximum absolute atomic E-state index is 6.03. The fourth-order valence-corrected chi connectivity index (χ4v) is 3.15. The minimum atomic E-state index is 0.607. The Balaban J connectivity index is 2.23. The summed E-state index contributed by atoms with van der Waals surface area (Å²) in [5.74, 6) is 0.721. The van der Waals surface area contributed by atoms with Gasteiger partial charge in [0.05, 0.1) is 12.3 Å². The van der Waals surface area contributed by atoms with Crippen molar-refractivity contribution in [3.63, 3.8) is 0 Å². The van der Waals surface area contributed by atoms with Gasteiger partial charge in [0.15, 0.2) is 4.34 Å². The van der Waals surface area contributed by atoms with Crippen LogP contribution in [0.2, 0.25) is 0 Å². The van der Waals surface area contributed by atoms with Crippen molar-refractivity contribution in [1.29, 1.82) is 0 Å². The van der Waals surface area contributed by atoms with Crippen molar-refractivity contribution in [3.8, 4) is 5.75 Å². The van der Waals surface area contributed by atoms with Crippen molar-refractivity contribution in [2.75, 3.05) is 12.3 Å². The predicted octanol–water partition coefficient (Wildman–Crippen LogP) is 2.98. The summed E-state index contributed by atoms with van der Waals surface area (Å²) in [4.78, 5) is 0.951. The molecule has 2 N–H and O–H groups in total. The summed E-state index contributed by atoms with van der Waals surface area (Å²) in [7, 11) is 0. The van der Waals surface area contributed by atoms with Crippen LogP contribution in [0.25, 0.3) is 0 Å². The Morgan fingerprint density at radius 3 is 2.88 bits per heavy atom. The van der Waals surface area contributed by atoms with Gasteiger partial charge in [-0.25, -0.2) is 0 Å². The molecule has 0 bridgehead atoms. The van der Waals surface area contributed by atoms with Crippen LogP contribution >= 0.6 is 23.1 Å². The molecule has 0 atom stereocenters. The number of nitrogens with zero attached hydrogens (tertiary/aromatic N) is 2. The van der Waals surface area contributed by atoms with Crippen LogP contribution in [-0.4, -0.2) is 16.8 Å². The van der Waals surface area contributed by atoms with Crippen LogP contribution in [0.4, 0.5) is 5.69 Å². The Kier molecular flexibility index (Phi) is 3.86. The number of ether oxygens (including phenoxy) is 1. The number of para-hydroxylation sites is 1. The first-order valence-electron chi connectivity index (χ1n) is 5.20. The molecule has 0 saturated carbocycles. The summed E-state index contributed by atoms with van der Waals surface area (Å²) < 4.78 is 6.34. The monoisotopic (exact) mass is 267 g/mol. The number of hydrogen-bond acceptors (Lipinski definition) is 6. The highest BCUT2D eigenvalue weighted by molar-refractivity contribution is 8.01. The van der Waals surface area contributed by atoms with Crippen molar-refractivity contribution < 1.29 is 4.74 Å². The van der Waals surface area contributed by atoms with E-state index in [1.165, 1.54) is 11.8 Å². The number of nitrogen functional groups attached to an aromatic ring is 1. The molecule has 0 aliphatic rings. The van der Waals surface area contributed by atoms with Gasteiger partial charge < -0.3 is 10.5 Å². The van der Waals surface area contributed by atoms with E-state index in [0.717, 1.165) is 20.0 Å². The molecule has 0 aliphatic heterocycles. The molecule has 0 aliphatic carbocycles. The van der Waals surface area contributed by atoms with E-state index in [-0.39, 0.29) is 0 Å². The number of hydrogen-bond donors (Lipinski definition) is 1. The molecular formula is C11H13N3OS2. The molecule has 0 amide bonds. The Bertz CT molecular complexity index is 513. The number of aryl methyl sites for hydroxylation is 1. The van der Waals surface area contributed by atoms with Gasteiger partial charge in [0, 0.05) is 4.90 Å². The number of nitrogens with two attached hydrogens (primary N) is 1. The van der Waals surface area contributed by atoms with Crippen LogP contribution < -0.4 is 10.5 Å². The van der Waals surface area contributed by atoms with E-state index in [9.17, 15) is 0 Å². The molecule has 2 aromatic rings. The van der Waals surface area contributed by atoms with Gasteiger partial charge in [0.2, 0.25) is 0 Å². The minimum Gasteiger partial charge on any atom is -0.492 e. The highest BCUT2D eigenvalue weighted by Gasteiger charge is 2.09. The highest BCUT2D eigenvalue weighted by atomic mass is 32.2. The van der Waals surface area contributed by atoms with Gasteiger partial charge in [0.25, 0.3) is 0 Å². The lowest BCUT2D eigenvalue weighted by molar-refractivity contribution is 0.341. The molecule has 4 nitrogen and oxygen atoms in total. The van der Waals surface area contributed by atoms with E-state index < -0.39 is 0 Å². The van der Waals surface area contributed by atoms with Crippen molar-refractivity contribution in [1.82, 2.24) is 10.2 Å². The molecule has 2 rings (SSSR count). The summed E-state index contributed by atoms with van der Waals surface area (Å²) in [5.41, 5.74) is 6.69. The second-order valence-corrected chi connectivity index (χ2v) is 5.76. The zero-order valence-corrected chi connectivity index (χ0v) is 11.3. The molecule has 1 aromatic carbocycles. The van der Waals surface area contributed by atoms with Gasteiger partial charge in [-0.05, 0) is 26.0 Å². The second-order valence-electron chi connectivity index (χ2n) is 3.29. The maximum atomic E-state index is 6.03. The van der Waals surface area contributed by atoms with Crippen molar-refractivity contribution in [3.05, 3.63) is 23.2 Å². The lowest BCUT2D eigenvalue weighted by Gasteiger charge is -2.09. The first-order valence-corrected chi connectivity index (χ1v) is 6.83. The van der Waals surface area contributed by atoms with E-state index in [4.69, 9.17) is 10.5 Å². The standard InChI is InChI=1S/C11H13N3OS2/c1-3-15-8-5-4-6-9(10(8)12)17-11-14-13-7(2)16-11/h4-6H,3,12H2,1-2H3. The van der Waals surface area contributed by atoms with Gasteiger partial charge in [-0.2, -0.15) is 0 Å². The quantitative estimate of drug-likeness (QED) is 0.863. The SMILES string of the molecule is CCOc1cccc(Sc2nnc(C)s2)c1N. The lowest BCUT2D eigenvalue weighted by atomic mass is 10.3. The Hall–Kier alpha value is -1.27. The van der Waals surface area contributed by atoms with Crippen LogP contribution in [0, 0.1) is 6.92 Å². The average molecular weight is 267 g/mol. The first kappa shape index (κ1) is 12.2. The highest BCUT2D eigenvalue weighted by Crippen LogP contribution is 2.37. The summed E-state index contributed by atoms with van der Waals surface area (Å²) in [5, 5.41) is 8.99. The Labute approximate surface area is 108 Å². The van der Waals surface area contributed by atoms with Gasteiger partial charge in [-0.1, -0.05) is 29.2 Å². The number of aromatic nitrogens is 2. The zero-order chi connectivity index (χ0) is 12.3.